The standard InChI is InChI=1S/C9H15NO2/c11-8(12)9(7-3-4-7)5-1-2-6-10-9/h7,10H,1-6H2,(H,11,12). The van der Waals surface area contributed by atoms with Crippen molar-refractivity contribution in [3.05, 3.63) is 0 Å². The SMILES string of the molecule is O=C(O)C1(C2CC2)CCCCN1. The fourth-order valence-corrected chi connectivity index (χ4v) is 2.21. The number of hydrogen-bond acceptors (Lipinski definition) is 2. The van der Waals surface area contributed by atoms with Crippen LogP contribution in [-0.2, 0) is 4.79 Å². The van der Waals surface area contributed by atoms with E-state index in [2.05, 4.69) is 5.32 Å². The van der Waals surface area contributed by atoms with Crippen LogP contribution >= 0.6 is 0 Å². The highest BCUT2D eigenvalue weighted by molar-refractivity contribution is 5.80. The van der Waals surface area contributed by atoms with Gasteiger partial charge in [-0.1, -0.05) is 0 Å². The first-order valence-corrected chi connectivity index (χ1v) is 4.74. The fourth-order valence-electron chi connectivity index (χ4n) is 2.21. The Bertz CT molecular complexity index is 193. The topological polar surface area (TPSA) is 49.3 Å². The minimum atomic E-state index is -0.635. The van der Waals surface area contributed by atoms with Crippen LogP contribution in [0.25, 0.3) is 0 Å². The molecule has 1 aliphatic heterocycles. The van der Waals surface area contributed by atoms with Crippen LogP contribution in [0.3, 0.4) is 0 Å². The molecule has 1 atom stereocenters. The number of rotatable bonds is 2. The third kappa shape index (κ3) is 1.12. The Balaban J connectivity index is 2.13. The van der Waals surface area contributed by atoms with Gasteiger partial charge in [0.05, 0.1) is 0 Å². The van der Waals surface area contributed by atoms with Crippen LogP contribution in [0.1, 0.15) is 32.1 Å². The van der Waals surface area contributed by atoms with Crippen LogP contribution in [0.15, 0.2) is 0 Å². The minimum absolute atomic E-state index is 0.412. The van der Waals surface area contributed by atoms with E-state index < -0.39 is 11.5 Å². The lowest BCUT2D eigenvalue weighted by atomic mass is 9.84. The summed E-state index contributed by atoms with van der Waals surface area (Å²) in [6.07, 6.45) is 5.21. The normalized spacial score (nSPS) is 36.3. The summed E-state index contributed by atoms with van der Waals surface area (Å²) in [6.45, 7) is 0.878. The second-order valence-electron chi connectivity index (χ2n) is 3.93. The van der Waals surface area contributed by atoms with Crippen LogP contribution in [0.5, 0.6) is 0 Å². The number of carboxylic acids is 1. The van der Waals surface area contributed by atoms with E-state index in [0.717, 1.165) is 38.6 Å². The summed E-state index contributed by atoms with van der Waals surface area (Å²) in [7, 11) is 0. The second kappa shape index (κ2) is 2.73. The zero-order valence-corrected chi connectivity index (χ0v) is 7.18. The molecule has 1 aliphatic carbocycles. The lowest BCUT2D eigenvalue weighted by molar-refractivity contribution is -0.147. The number of nitrogens with one attached hydrogen (secondary N) is 1. The Morgan fingerprint density at radius 3 is 2.58 bits per heavy atom. The van der Waals surface area contributed by atoms with Crippen molar-refractivity contribution in [2.45, 2.75) is 37.6 Å². The molecule has 1 saturated carbocycles. The quantitative estimate of drug-likeness (QED) is 0.648. The predicted molar refractivity (Wildman–Crippen MR) is 44.9 cm³/mol. The van der Waals surface area contributed by atoms with Crippen molar-refractivity contribution in [3.8, 4) is 0 Å². The number of carboxylic acid groups (broad SMARTS) is 1. The van der Waals surface area contributed by atoms with Crippen LogP contribution < -0.4 is 5.32 Å². The molecule has 3 heteroatoms. The lowest BCUT2D eigenvalue weighted by Crippen LogP contribution is -2.56. The van der Waals surface area contributed by atoms with Crippen LogP contribution in [0, 0.1) is 5.92 Å². The zero-order chi connectivity index (χ0) is 8.60. The van der Waals surface area contributed by atoms with Gasteiger partial charge in [-0.15, -0.1) is 0 Å². The first-order chi connectivity index (χ1) is 5.76. The predicted octanol–water partition coefficient (Wildman–Crippen LogP) is 0.993. The Hall–Kier alpha value is -0.570. The molecule has 0 bridgehead atoms. The van der Waals surface area contributed by atoms with Gasteiger partial charge in [0.2, 0.25) is 0 Å². The molecule has 0 aromatic heterocycles. The van der Waals surface area contributed by atoms with E-state index in [4.69, 9.17) is 5.11 Å². The van der Waals surface area contributed by atoms with Crippen molar-refractivity contribution in [1.29, 1.82) is 0 Å². The van der Waals surface area contributed by atoms with E-state index in [0.29, 0.717) is 5.92 Å². The molecule has 0 aromatic carbocycles. The van der Waals surface area contributed by atoms with Gasteiger partial charge in [0.15, 0.2) is 0 Å². The molecular formula is C9H15NO2. The van der Waals surface area contributed by atoms with Crippen molar-refractivity contribution in [2.24, 2.45) is 5.92 Å². The summed E-state index contributed by atoms with van der Waals surface area (Å²) in [5.74, 6) is -0.222. The molecule has 1 unspecified atom stereocenters. The first-order valence-electron chi connectivity index (χ1n) is 4.74. The van der Waals surface area contributed by atoms with Gasteiger partial charge in [-0.3, -0.25) is 4.79 Å². The molecular weight excluding hydrogens is 154 g/mol. The van der Waals surface area contributed by atoms with E-state index >= 15 is 0 Å². The van der Waals surface area contributed by atoms with Crippen LogP contribution in [0.4, 0.5) is 0 Å². The second-order valence-corrected chi connectivity index (χ2v) is 3.93. The summed E-state index contributed by atoms with van der Waals surface area (Å²) >= 11 is 0. The number of piperidine rings is 1. The molecule has 1 heterocycles. The molecule has 3 nitrogen and oxygen atoms in total. The Morgan fingerprint density at radius 2 is 2.17 bits per heavy atom. The van der Waals surface area contributed by atoms with E-state index in [1.807, 2.05) is 0 Å². The molecule has 2 N–H and O–H groups in total. The maximum absolute atomic E-state index is 11.1. The number of hydrogen-bond donors (Lipinski definition) is 2. The van der Waals surface area contributed by atoms with Gasteiger partial charge in [0.25, 0.3) is 0 Å². The Labute approximate surface area is 72.2 Å². The molecule has 2 rings (SSSR count). The Kier molecular flexibility index (Phi) is 1.83. The van der Waals surface area contributed by atoms with Gasteiger partial charge in [-0.2, -0.15) is 0 Å². The molecule has 12 heavy (non-hydrogen) atoms. The number of aliphatic carboxylic acids is 1. The molecule has 1 saturated heterocycles. The van der Waals surface area contributed by atoms with E-state index in [9.17, 15) is 4.79 Å². The minimum Gasteiger partial charge on any atom is -0.480 e. The molecule has 68 valence electrons. The average Bonchev–Trinajstić information content (AvgIpc) is 2.88. The Morgan fingerprint density at radius 1 is 1.42 bits per heavy atom. The fraction of sp³-hybridized carbons (Fsp3) is 0.889. The number of carbonyl (C=O) groups is 1. The molecule has 2 aliphatic rings. The maximum atomic E-state index is 11.1. The van der Waals surface area contributed by atoms with Crippen molar-refractivity contribution in [2.75, 3.05) is 6.54 Å². The van der Waals surface area contributed by atoms with E-state index in [-0.39, 0.29) is 0 Å². The van der Waals surface area contributed by atoms with Gasteiger partial charge in [0.1, 0.15) is 5.54 Å². The van der Waals surface area contributed by atoms with Crippen molar-refractivity contribution < 1.29 is 9.90 Å². The maximum Gasteiger partial charge on any atom is 0.324 e. The smallest absolute Gasteiger partial charge is 0.324 e. The first kappa shape index (κ1) is 8.05. The molecule has 0 aromatic rings. The summed E-state index contributed by atoms with van der Waals surface area (Å²) in [6, 6.07) is 0. The average molecular weight is 169 g/mol. The molecule has 0 amide bonds. The summed E-state index contributed by atoms with van der Waals surface area (Å²) in [5.41, 5.74) is -0.543. The van der Waals surface area contributed by atoms with Crippen molar-refractivity contribution in [1.82, 2.24) is 5.32 Å². The summed E-state index contributed by atoms with van der Waals surface area (Å²) < 4.78 is 0. The van der Waals surface area contributed by atoms with Crippen molar-refractivity contribution >= 4 is 5.97 Å². The third-order valence-corrected chi connectivity index (χ3v) is 3.09. The molecule has 0 radical (unpaired) electrons. The third-order valence-electron chi connectivity index (χ3n) is 3.09. The largest absolute Gasteiger partial charge is 0.480 e. The van der Waals surface area contributed by atoms with Crippen LogP contribution in [-0.4, -0.2) is 23.2 Å². The van der Waals surface area contributed by atoms with Gasteiger partial charge in [0, 0.05) is 0 Å². The van der Waals surface area contributed by atoms with Gasteiger partial charge in [-0.05, 0) is 44.6 Å². The monoisotopic (exact) mass is 169 g/mol. The highest BCUT2D eigenvalue weighted by Crippen LogP contribution is 2.43. The van der Waals surface area contributed by atoms with Gasteiger partial charge >= 0.3 is 5.97 Å². The van der Waals surface area contributed by atoms with Gasteiger partial charge < -0.3 is 10.4 Å². The van der Waals surface area contributed by atoms with E-state index in [1.54, 1.807) is 0 Å². The van der Waals surface area contributed by atoms with Crippen LogP contribution in [0.2, 0.25) is 0 Å². The van der Waals surface area contributed by atoms with E-state index in [1.165, 1.54) is 0 Å². The zero-order valence-electron chi connectivity index (χ0n) is 7.18. The van der Waals surface area contributed by atoms with Gasteiger partial charge in [-0.25, -0.2) is 0 Å². The van der Waals surface area contributed by atoms with Crippen molar-refractivity contribution in [3.63, 3.8) is 0 Å². The highest BCUT2D eigenvalue weighted by Gasteiger charge is 2.51. The highest BCUT2D eigenvalue weighted by atomic mass is 16.4. The summed E-state index contributed by atoms with van der Waals surface area (Å²) in [5, 5.41) is 12.3. The summed E-state index contributed by atoms with van der Waals surface area (Å²) in [4.78, 5) is 11.1. The molecule has 0 spiro atoms. The lowest BCUT2D eigenvalue weighted by Gasteiger charge is -2.34. The molecule has 2 fully saturated rings.